The van der Waals surface area contributed by atoms with Gasteiger partial charge >= 0.3 is 0 Å². The van der Waals surface area contributed by atoms with Gasteiger partial charge < -0.3 is 5.11 Å². The molecule has 1 atom stereocenters. The number of aryl methyl sites for hydroxylation is 1. The lowest BCUT2D eigenvalue weighted by atomic mass is 10.2. The zero-order valence-electron chi connectivity index (χ0n) is 8.81. The number of nitrogens with one attached hydrogen (secondary N) is 1. The molecule has 2 N–H and O–H groups in total. The van der Waals surface area contributed by atoms with Gasteiger partial charge in [0, 0.05) is 24.5 Å². The first-order chi connectivity index (χ1) is 7.24. The minimum Gasteiger partial charge on any atom is -0.377 e. The zero-order chi connectivity index (χ0) is 10.7. The van der Waals surface area contributed by atoms with E-state index >= 15 is 0 Å². The van der Waals surface area contributed by atoms with Gasteiger partial charge in [0.1, 0.15) is 6.23 Å². The average molecular weight is 224 g/mol. The van der Waals surface area contributed by atoms with Gasteiger partial charge in [-0.05, 0) is 31.0 Å². The summed E-state index contributed by atoms with van der Waals surface area (Å²) < 4.78 is 2.19. The fraction of sp³-hybridized carbons (Fsp3) is 0.455. The van der Waals surface area contributed by atoms with E-state index in [-0.39, 0.29) is 0 Å². The molecule has 0 aromatic heterocycles. The number of piperazine rings is 1. The third-order valence-corrected chi connectivity index (χ3v) is 3.45. The molecule has 0 amide bonds. The topological polar surface area (TPSA) is 35.5 Å². The molecule has 0 spiro atoms. The van der Waals surface area contributed by atoms with Crippen molar-refractivity contribution < 1.29 is 5.11 Å². The zero-order valence-corrected chi connectivity index (χ0v) is 9.63. The van der Waals surface area contributed by atoms with E-state index in [1.54, 1.807) is 11.9 Å². The molecule has 1 aliphatic rings. The van der Waals surface area contributed by atoms with Crippen LogP contribution in [-0.4, -0.2) is 35.3 Å². The number of aliphatic hydroxyl groups is 1. The van der Waals surface area contributed by atoms with Crippen LogP contribution >= 0.6 is 11.9 Å². The highest BCUT2D eigenvalue weighted by atomic mass is 32.2. The molecule has 1 aromatic rings. The van der Waals surface area contributed by atoms with Crippen LogP contribution in [0.25, 0.3) is 0 Å². The maximum absolute atomic E-state index is 9.44. The number of nitrogens with zero attached hydrogens (tertiary/aromatic N) is 1. The van der Waals surface area contributed by atoms with Gasteiger partial charge in [-0.1, -0.05) is 17.7 Å². The maximum Gasteiger partial charge on any atom is 0.118 e. The molecule has 1 fully saturated rings. The normalized spacial score (nSPS) is 22.9. The fourth-order valence-electron chi connectivity index (χ4n) is 1.54. The highest BCUT2D eigenvalue weighted by Gasteiger charge is 2.17. The Kier molecular flexibility index (Phi) is 3.64. The molecule has 82 valence electrons. The second-order valence-electron chi connectivity index (χ2n) is 3.76. The van der Waals surface area contributed by atoms with Gasteiger partial charge in [-0.25, -0.2) is 4.31 Å². The van der Waals surface area contributed by atoms with Crippen LogP contribution in [0.2, 0.25) is 0 Å². The van der Waals surface area contributed by atoms with Crippen molar-refractivity contribution in [3.05, 3.63) is 29.8 Å². The number of β-amino-alcohol motifs (C(OH)–C–C–N with tert-alkyl or cyclic N) is 1. The van der Waals surface area contributed by atoms with Crippen LogP contribution in [0.1, 0.15) is 5.56 Å². The highest BCUT2D eigenvalue weighted by molar-refractivity contribution is 7.97. The first-order valence-electron chi connectivity index (χ1n) is 5.15. The predicted octanol–water partition coefficient (Wildman–Crippen LogP) is 1.23. The summed E-state index contributed by atoms with van der Waals surface area (Å²) in [5, 5.41) is 12.4. The SMILES string of the molecule is Cc1ccc(SN2CCNC(O)C2)cc1. The van der Waals surface area contributed by atoms with Crippen LogP contribution in [0, 0.1) is 6.92 Å². The number of benzene rings is 1. The standard InChI is InChI=1S/C11H16N2OS/c1-9-2-4-10(5-3-9)15-13-7-6-12-11(14)8-13/h2-5,11-12,14H,6-8H2,1H3. The summed E-state index contributed by atoms with van der Waals surface area (Å²) in [5.74, 6) is 0. The monoisotopic (exact) mass is 224 g/mol. The summed E-state index contributed by atoms with van der Waals surface area (Å²) in [7, 11) is 0. The smallest absolute Gasteiger partial charge is 0.118 e. The lowest BCUT2D eigenvalue weighted by Gasteiger charge is -2.29. The van der Waals surface area contributed by atoms with Crippen molar-refractivity contribution in [2.45, 2.75) is 18.0 Å². The Morgan fingerprint density at radius 1 is 1.40 bits per heavy atom. The van der Waals surface area contributed by atoms with Crippen molar-refractivity contribution >= 4 is 11.9 Å². The van der Waals surface area contributed by atoms with Crippen LogP contribution < -0.4 is 5.32 Å². The van der Waals surface area contributed by atoms with Crippen LogP contribution in [0.15, 0.2) is 29.2 Å². The molecule has 3 nitrogen and oxygen atoms in total. The third-order valence-electron chi connectivity index (χ3n) is 2.37. The van der Waals surface area contributed by atoms with Crippen molar-refractivity contribution in [3.63, 3.8) is 0 Å². The number of hydrogen-bond acceptors (Lipinski definition) is 4. The van der Waals surface area contributed by atoms with E-state index in [1.807, 2.05) is 0 Å². The van der Waals surface area contributed by atoms with E-state index in [1.165, 1.54) is 10.5 Å². The Bertz CT molecular complexity index is 315. The summed E-state index contributed by atoms with van der Waals surface area (Å²) in [4.78, 5) is 1.23. The molecule has 1 saturated heterocycles. The maximum atomic E-state index is 9.44. The van der Waals surface area contributed by atoms with Crippen LogP contribution in [0.5, 0.6) is 0 Å². The van der Waals surface area contributed by atoms with E-state index in [0.717, 1.165) is 13.1 Å². The van der Waals surface area contributed by atoms with Gasteiger partial charge in [0.25, 0.3) is 0 Å². The summed E-state index contributed by atoms with van der Waals surface area (Å²) in [6, 6.07) is 8.46. The van der Waals surface area contributed by atoms with Gasteiger partial charge in [-0.2, -0.15) is 0 Å². The first-order valence-corrected chi connectivity index (χ1v) is 5.92. The van der Waals surface area contributed by atoms with Crippen molar-refractivity contribution in [2.75, 3.05) is 19.6 Å². The van der Waals surface area contributed by atoms with E-state index < -0.39 is 6.23 Å². The Labute approximate surface area is 94.6 Å². The Morgan fingerprint density at radius 3 is 2.80 bits per heavy atom. The second-order valence-corrected chi connectivity index (χ2v) is 4.93. The molecule has 0 bridgehead atoms. The second kappa shape index (κ2) is 4.99. The summed E-state index contributed by atoms with van der Waals surface area (Å²) in [6.07, 6.45) is -0.392. The number of aliphatic hydroxyl groups excluding tert-OH is 1. The minimum atomic E-state index is -0.392. The molecule has 1 aromatic carbocycles. The van der Waals surface area contributed by atoms with Gasteiger partial charge in [0.15, 0.2) is 0 Å². The highest BCUT2D eigenvalue weighted by Crippen LogP contribution is 2.23. The quantitative estimate of drug-likeness (QED) is 0.741. The minimum absolute atomic E-state index is 0.392. The Hall–Kier alpha value is -0.550. The van der Waals surface area contributed by atoms with Crippen molar-refractivity contribution in [3.8, 4) is 0 Å². The molecule has 1 heterocycles. The van der Waals surface area contributed by atoms with Gasteiger partial charge in [0.05, 0.1) is 0 Å². The molecule has 0 radical (unpaired) electrons. The fourth-order valence-corrected chi connectivity index (χ4v) is 2.49. The molecular weight excluding hydrogens is 208 g/mol. The number of hydrogen-bond donors (Lipinski definition) is 2. The molecule has 2 rings (SSSR count). The van der Waals surface area contributed by atoms with E-state index in [2.05, 4.69) is 40.8 Å². The van der Waals surface area contributed by atoms with Crippen LogP contribution in [0.3, 0.4) is 0 Å². The summed E-state index contributed by atoms with van der Waals surface area (Å²) >= 11 is 1.71. The van der Waals surface area contributed by atoms with Gasteiger partial charge in [-0.15, -0.1) is 0 Å². The first kappa shape index (κ1) is 11.0. The molecule has 0 saturated carbocycles. The molecular formula is C11H16N2OS. The van der Waals surface area contributed by atoms with Gasteiger partial charge in [-0.3, -0.25) is 5.32 Å². The molecule has 4 heteroatoms. The van der Waals surface area contributed by atoms with Crippen molar-refractivity contribution in [1.82, 2.24) is 9.62 Å². The predicted molar refractivity (Wildman–Crippen MR) is 62.6 cm³/mol. The molecule has 1 unspecified atom stereocenters. The van der Waals surface area contributed by atoms with E-state index in [0.29, 0.717) is 6.54 Å². The Balaban J connectivity index is 1.93. The number of rotatable bonds is 2. The van der Waals surface area contributed by atoms with E-state index in [4.69, 9.17) is 0 Å². The Morgan fingerprint density at radius 2 is 2.13 bits per heavy atom. The largest absolute Gasteiger partial charge is 0.377 e. The van der Waals surface area contributed by atoms with Crippen LogP contribution in [-0.2, 0) is 0 Å². The van der Waals surface area contributed by atoms with E-state index in [9.17, 15) is 5.11 Å². The summed E-state index contributed by atoms with van der Waals surface area (Å²) in [5.41, 5.74) is 1.28. The molecule has 15 heavy (non-hydrogen) atoms. The summed E-state index contributed by atoms with van der Waals surface area (Å²) in [6.45, 7) is 4.58. The molecule has 0 aliphatic carbocycles. The van der Waals surface area contributed by atoms with Crippen LogP contribution in [0.4, 0.5) is 0 Å². The average Bonchev–Trinajstić information content (AvgIpc) is 2.22. The lowest BCUT2D eigenvalue weighted by molar-refractivity contribution is 0.0921. The molecule has 1 aliphatic heterocycles. The van der Waals surface area contributed by atoms with Crippen molar-refractivity contribution in [2.24, 2.45) is 0 Å². The lowest BCUT2D eigenvalue weighted by Crippen LogP contribution is -2.47. The van der Waals surface area contributed by atoms with Crippen molar-refractivity contribution in [1.29, 1.82) is 0 Å². The third kappa shape index (κ3) is 3.21. The van der Waals surface area contributed by atoms with Gasteiger partial charge in [0.2, 0.25) is 0 Å².